The molecule has 0 spiro atoms. The fraction of sp³-hybridized carbons (Fsp3) is 0.710. The number of hydrogen-bond donors (Lipinski definition) is 1. The Hall–Kier alpha value is -2.95. The Labute approximate surface area is 252 Å². The number of imide groups is 1. The maximum absolute atomic E-state index is 13.1. The van der Waals surface area contributed by atoms with Crippen LogP contribution in [0.4, 0.5) is 9.59 Å². The quantitative estimate of drug-likeness (QED) is 0.370. The van der Waals surface area contributed by atoms with Crippen molar-refractivity contribution in [3.8, 4) is 5.88 Å². The van der Waals surface area contributed by atoms with E-state index in [4.69, 9.17) is 14.2 Å². The Balaban J connectivity index is 1.47. The molecule has 42 heavy (non-hydrogen) atoms. The number of carbonyl (C=O) groups is 3. The number of fused-ring (bicyclic) bond motifs is 3. The summed E-state index contributed by atoms with van der Waals surface area (Å²) in [6, 6.07) is -0.362. The normalized spacial score (nSPS) is 20.7. The number of aromatic nitrogens is 2. The van der Waals surface area contributed by atoms with Gasteiger partial charge in [-0.2, -0.15) is 0 Å². The maximum atomic E-state index is 13.1. The lowest BCUT2D eigenvalue weighted by Gasteiger charge is -2.36. The molecule has 3 amide bonds. The van der Waals surface area contributed by atoms with Crippen LogP contribution in [0.3, 0.4) is 0 Å². The van der Waals surface area contributed by atoms with Gasteiger partial charge in [0.05, 0.1) is 5.39 Å². The smallest absolute Gasteiger partial charge is 0.420 e. The first-order chi connectivity index (χ1) is 19.6. The SMILES string of the molecule is CC(C)CNC(=O)C[C@H]1CCc2sc3ncnc(O[C@H]4CC[C@H](N(C(=O)OC(C)(C)C)C(=O)OC(C)(C)C)CC4)c3c21. The molecule has 2 aliphatic rings. The molecule has 10 nitrogen and oxygen atoms in total. The van der Waals surface area contributed by atoms with Crippen LogP contribution in [0, 0.1) is 5.92 Å². The summed E-state index contributed by atoms with van der Waals surface area (Å²) in [6.45, 7) is 15.5. The lowest BCUT2D eigenvalue weighted by molar-refractivity contribution is -0.121. The standard InChI is InChI=1S/C31H46N4O6S/c1-18(2)16-32-23(36)15-19-9-14-22-24(19)25-26(33-17-34-27(25)42-22)39-21-12-10-20(11-13-21)35(28(37)40-30(3,4)5)29(38)41-31(6,7)8/h17-21H,9-16H2,1-8H3,(H,32,36)/t19-,20-,21-/m1/s1. The monoisotopic (exact) mass is 602 g/mol. The highest BCUT2D eigenvalue weighted by Crippen LogP contribution is 2.47. The number of ether oxygens (including phenoxy) is 3. The van der Waals surface area contributed by atoms with Crippen molar-refractivity contribution >= 4 is 39.6 Å². The minimum absolute atomic E-state index is 0.0677. The Bertz CT molecular complexity index is 1260. The van der Waals surface area contributed by atoms with E-state index in [0.717, 1.165) is 33.5 Å². The van der Waals surface area contributed by atoms with E-state index in [-0.39, 0.29) is 24.0 Å². The summed E-state index contributed by atoms with van der Waals surface area (Å²) in [7, 11) is 0. The summed E-state index contributed by atoms with van der Waals surface area (Å²) in [5.41, 5.74) is -0.340. The largest absolute Gasteiger partial charge is 0.474 e. The van der Waals surface area contributed by atoms with Crippen LogP contribution < -0.4 is 10.1 Å². The lowest BCUT2D eigenvalue weighted by atomic mass is 9.92. The molecule has 11 heteroatoms. The average molecular weight is 603 g/mol. The molecule has 1 fully saturated rings. The number of amides is 3. The maximum Gasteiger partial charge on any atom is 0.420 e. The van der Waals surface area contributed by atoms with Gasteiger partial charge in [0.15, 0.2) is 0 Å². The molecule has 1 saturated carbocycles. The molecule has 1 N–H and O–H groups in total. The van der Waals surface area contributed by atoms with E-state index in [1.807, 2.05) is 0 Å². The van der Waals surface area contributed by atoms with Crippen molar-refractivity contribution in [1.82, 2.24) is 20.2 Å². The molecule has 0 unspecified atom stereocenters. The highest BCUT2D eigenvalue weighted by molar-refractivity contribution is 7.19. The van der Waals surface area contributed by atoms with Crippen LogP contribution in [0.2, 0.25) is 0 Å². The molecule has 0 bridgehead atoms. The second-order valence-corrected chi connectivity index (χ2v) is 14.9. The van der Waals surface area contributed by atoms with Crippen molar-refractivity contribution in [1.29, 1.82) is 0 Å². The summed E-state index contributed by atoms with van der Waals surface area (Å²) in [5.74, 6) is 1.13. The van der Waals surface area contributed by atoms with Crippen LogP contribution in [0.5, 0.6) is 5.88 Å². The van der Waals surface area contributed by atoms with Crippen LogP contribution in [0.1, 0.15) is 110 Å². The number of rotatable bonds is 7. The summed E-state index contributed by atoms with van der Waals surface area (Å²) in [4.78, 5) is 51.2. The van der Waals surface area contributed by atoms with Gasteiger partial charge in [-0.25, -0.2) is 24.5 Å². The number of hydrogen-bond acceptors (Lipinski definition) is 9. The average Bonchev–Trinajstić information content (AvgIpc) is 3.42. The third-order valence-corrected chi connectivity index (χ3v) is 8.48. The van der Waals surface area contributed by atoms with E-state index in [1.165, 1.54) is 11.2 Å². The van der Waals surface area contributed by atoms with Crippen LogP contribution >= 0.6 is 11.3 Å². The summed E-state index contributed by atoms with van der Waals surface area (Å²) in [5, 5.41) is 3.97. The van der Waals surface area contributed by atoms with Crippen molar-refractivity contribution in [2.75, 3.05) is 6.54 Å². The van der Waals surface area contributed by atoms with Gasteiger partial charge in [0, 0.05) is 23.9 Å². The predicted octanol–water partition coefficient (Wildman–Crippen LogP) is 6.75. The number of nitrogens with one attached hydrogen (secondary N) is 1. The molecule has 2 aliphatic carbocycles. The fourth-order valence-electron chi connectivity index (χ4n) is 5.52. The minimum atomic E-state index is -0.746. The summed E-state index contributed by atoms with van der Waals surface area (Å²) in [6.07, 6.45) is 4.66. The molecule has 2 aromatic rings. The van der Waals surface area contributed by atoms with Gasteiger partial charge in [-0.05, 0) is 97.5 Å². The number of thiophene rings is 1. The zero-order valence-corrected chi connectivity index (χ0v) is 27.1. The van der Waals surface area contributed by atoms with Crippen molar-refractivity contribution in [3.63, 3.8) is 0 Å². The van der Waals surface area contributed by atoms with Crippen LogP contribution in [0.25, 0.3) is 10.2 Å². The van der Waals surface area contributed by atoms with Gasteiger partial charge in [-0.3, -0.25) is 4.79 Å². The van der Waals surface area contributed by atoms with E-state index in [9.17, 15) is 14.4 Å². The van der Waals surface area contributed by atoms with E-state index in [0.29, 0.717) is 50.4 Å². The van der Waals surface area contributed by atoms with E-state index in [2.05, 4.69) is 29.1 Å². The molecule has 232 valence electrons. The van der Waals surface area contributed by atoms with Crippen LogP contribution in [0.15, 0.2) is 6.33 Å². The van der Waals surface area contributed by atoms with E-state index < -0.39 is 23.4 Å². The molecule has 0 aromatic carbocycles. The Morgan fingerprint density at radius 3 is 2.17 bits per heavy atom. The van der Waals surface area contributed by atoms with E-state index >= 15 is 0 Å². The van der Waals surface area contributed by atoms with Crippen molar-refractivity contribution < 1.29 is 28.6 Å². The van der Waals surface area contributed by atoms with Crippen molar-refractivity contribution in [2.45, 2.75) is 130 Å². The second kappa shape index (κ2) is 12.7. The molecule has 0 radical (unpaired) electrons. The first-order valence-electron chi connectivity index (χ1n) is 15.1. The Morgan fingerprint density at radius 1 is 0.976 bits per heavy atom. The molecule has 2 heterocycles. The third-order valence-electron chi connectivity index (χ3n) is 7.30. The van der Waals surface area contributed by atoms with Crippen LogP contribution in [-0.4, -0.2) is 62.9 Å². The summed E-state index contributed by atoms with van der Waals surface area (Å²) < 4.78 is 17.6. The zero-order valence-electron chi connectivity index (χ0n) is 26.2. The molecule has 0 saturated heterocycles. The Morgan fingerprint density at radius 2 is 1.60 bits per heavy atom. The van der Waals surface area contributed by atoms with Crippen LogP contribution in [-0.2, 0) is 20.7 Å². The molecule has 1 atom stereocenters. The first kappa shape index (κ1) is 32.0. The van der Waals surface area contributed by atoms with Crippen molar-refractivity contribution in [2.24, 2.45) is 5.92 Å². The number of aryl methyl sites for hydroxylation is 1. The van der Waals surface area contributed by atoms with Gasteiger partial charge < -0.3 is 19.5 Å². The van der Waals surface area contributed by atoms with Gasteiger partial charge in [0.2, 0.25) is 11.8 Å². The molecule has 0 aliphatic heterocycles. The lowest BCUT2D eigenvalue weighted by Crippen LogP contribution is -2.50. The third kappa shape index (κ3) is 8.11. The van der Waals surface area contributed by atoms with Gasteiger partial charge >= 0.3 is 12.2 Å². The Kier molecular flexibility index (Phi) is 9.69. The minimum Gasteiger partial charge on any atom is -0.474 e. The second-order valence-electron chi connectivity index (χ2n) is 13.8. The molecule has 2 aromatic heterocycles. The zero-order chi connectivity index (χ0) is 30.8. The molecular formula is C31H46N4O6S. The molecular weight excluding hydrogens is 556 g/mol. The molecule has 4 rings (SSSR count). The number of nitrogens with zero attached hydrogens (tertiary/aromatic N) is 3. The highest BCUT2D eigenvalue weighted by Gasteiger charge is 2.39. The van der Waals surface area contributed by atoms with E-state index in [1.54, 1.807) is 52.9 Å². The predicted molar refractivity (Wildman–Crippen MR) is 162 cm³/mol. The van der Waals surface area contributed by atoms with Gasteiger partial charge in [0.25, 0.3) is 0 Å². The topological polar surface area (TPSA) is 120 Å². The summed E-state index contributed by atoms with van der Waals surface area (Å²) >= 11 is 1.66. The first-order valence-corrected chi connectivity index (χ1v) is 15.9. The number of carbonyl (C=O) groups excluding carboxylic acids is 3. The van der Waals surface area contributed by atoms with Gasteiger partial charge in [-0.15, -0.1) is 11.3 Å². The van der Waals surface area contributed by atoms with Gasteiger partial charge in [-0.1, -0.05) is 13.8 Å². The fourth-order valence-corrected chi connectivity index (χ4v) is 6.75. The highest BCUT2D eigenvalue weighted by atomic mass is 32.1. The van der Waals surface area contributed by atoms with Crippen molar-refractivity contribution in [3.05, 3.63) is 16.8 Å². The van der Waals surface area contributed by atoms with Gasteiger partial charge in [0.1, 0.15) is 28.5 Å².